The van der Waals surface area contributed by atoms with E-state index in [2.05, 4.69) is 29.4 Å². The summed E-state index contributed by atoms with van der Waals surface area (Å²) in [5.74, 6) is 0.923. The predicted octanol–water partition coefficient (Wildman–Crippen LogP) is 1.98. The number of carbonyl (C=O) groups is 1. The van der Waals surface area contributed by atoms with Crippen LogP contribution in [0.3, 0.4) is 0 Å². The second-order valence-electron chi connectivity index (χ2n) is 7.78. The fraction of sp³-hybridized carbons (Fsp3) is 0.941. The minimum absolute atomic E-state index is 0. The van der Waals surface area contributed by atoms with Gasteiger partial charge in [-0.15, -0.1) is 24.8 Å². The summed E-state index contributed by atoms with van der Waals surface area (Å²) < 4.78 is 5.72. The standard InChI is InChI=1S/C17H31N3O2.2ClH/c1-17(2)12-20(9-10-22-17)8-7-18-16(21)15-11-13-5-3-4-6-14(13)19-15;;/h13-15,19H,3-12H2,1-2H3,(H,18,21);2*1H. The van der Waals surface area contributed by atoms with Gasteiger partial charge in [0.2, 0.25) is 5.91 Å². The van der Waals surface area contributed by atoms with Crippen molar-refractivity contribution in [2.24, 2.45) is 5.92 Å². The SMILES string of the molecule is CC1(C)CN(CCNC(=O)C2CC3CCCCC3N2)CCO1.Cl.Cl. The van der Waals surface area contributed by atoms with Crippen LogP contribution < -0.4 is 10.6 Å². The Morgan fingerprint density at radius 3 is 2.75 bits per heavy atom. The number of carbonyl (C=O) groups excluding carboxylic acids is 1. The summed E-state index contributed by atoms with van der Waals surface area (Å²) in [5, 5.41) is 6.67. The number of amides is 1. The predicted molar refractivity (Wildman–Crippen MR) is 101 cm³/mol. The van der Waals surface area contributed by atoms with Gasteiger partial charge in [0.25, 0.3) is 0 Å². The summed E-state index contributed by atoms with van der Waals surface area (Å²) >= 11 is 0. The van der Waals surface area contributed by atoms with E-state index >= 15 is 0 Å². The molecular formula is C17H33Cl2N3O2. The molecule has 3 aliphatic rings. The molecule has 2 heterocycles. The number of nitrogens with zero attached hydrogens (tertiary/aromatic N) is 1. The summed E-state index contributed by atoms with van der Waals surface area (Å²) in [6, 6.07) is 0.624. The maximum atomic E-state index is 12.3. The minimum atomic E-state index is -0.0645. The number of morpholine rings is 1. The molecular weight excluding hydrogens is 349 g/mol. The lowest BCUT2D eigenvalue weighted by molar-refractivity contribution is -0.123. The van der Waals surface area contributed by atoms with Crippen LogP contribution in [0.2, 0.25) is 0 Å². The number of hydrogen-bond donors (Lipinski definition) is 2. The zero-order chi connectivity index (χ0) is 15.6. The van der Waals surface area contributed by atoms with E-state index in [1.807, 2.05) is 0 Å². The van der Waals surface area contributed by atoms with Crippen molar-refractivity contribution < 1.29 is 9.53 Å². The third-order valence-corrected chi connectivity index (χ3v) is 5.41. The maximum absolute atomic E-state index is 12.3. The summed E-state index contributed by atoms with van der Waals surface area (Å²) in [5.41, 5.74) is -0.0645. The molecule has 0 aromatic heterocycles. The van der Waals surface area contributed by atoms with Crippen molar-refractivity contribution in [2.45, 2.75) is 63.6 Å². The molecule has 7 heteroatoms. The molecule has 2 aliphatic heterocycles. The van der Waals surface area contributed by atoms with Gasteiger partial charge in [-0.3, -0.25) is 9.69 Å². The van der Waals surface area contributed by atoms with Crippen molar-refractivity contribution in [2.75, 3.05) is 32.8 Å². The van der Waals surface area contributed by atoms with E-state index in [1.54, 1.807) is 0 Å². The molecule has 5 nitrogen and oxygen atoms in total. The van der Waals surface area contributed by atoms with E-state index in [-0.39, 0.29) is 42.4 Å². The van der Waals surface area contributed by atoms with Gasteiger partial charge in [-0.05, 0) is 39.0 Å². The molecule has 0 aromatic carbocycles. The Hall–Kier alpha value is -0.0700. The van der Waals surface area contributed by atoms with Crippen LogP contribution >= 0.6 is 24.8 Å². The largest absolute Gasteiger partial charge is 0.373 e. The van der Waals surface area contributed by atoms with Crippen LogP contribution in [0, 0.1) is 5.92 Å². The van der Waals surface area contributed by atoms with Crippen LogP contribution in [0.4, 0.5) is 0 Å². The molecule has 1 aliphatic carbocycles. The lowest BCUT2D eigenvalue weighted by atomic mass is 9.85. The first-order valence-corrected chi connectivity index (χ1v) is 8.94. The Morgan fingerprint density at radius 2 is 2.04 bits per heavy atom. The summed E-state index contributed by atoms with van der Waals surface area (Å²) in [4.78, 5) is 14.7. The first kappa shape index (κ1) is 22.0. The number of halogens is 2. The molecule has 24 heavy (non-hydrogen) atoms. The summed E-state index contributed by atoms with van der Waals surface area (Å²) in [6.07, 6.45) is 6.22. The van der Waals surface area contributed by atoms with Gasteiger partial charge >= 0.3 is 0 Å². The summed E-state index contributed by atoms with van der Waals surface area (Å²) in [6.45, 7) is 8.60. The highest BCUT2D eigenvalue weighted by Gasteiger charge is 2.38. The Bertz CT molecular complexity index is 395. The molecule has 3 unspecified atom stereocenters. The van der Waals surface area contributed by atoms with Crippen molar-refractivity contribution >= 4 is 30.7 Å². The minimum Gasteiger partial charge on any atom is -0.373 e. The number of ether oxygens (including phenoxy) is 1. The molecule has 3 rings (SSSR count). The third-order valence-electron chi connectivity index (χ3n) is 5.41. The van der Waals surface area contributed by atoms with Gasteiger partial charge in [-0.25, -0.2) is 0 Å². The molecule has 0 radical (unpaired) electrons. The van der Waals surface area contributed by atoms with Crippen molar-refractivity contribution in [3.05, 3.63) is 0 Å². The van der Waals surface area contributed by atoms with Gasteiger partial charge < -0.3 is 15.4 Å². The van der Waals surface area contributed by atoms with Gasteiger partial charge in [0, 0.05) is 32.2 Å². The van der Waals surface area contributed by atoms with Gasteiger partial charge in [0.1, 0.15) is 0 Å². The summed E-state index contributed by atoms with van der Waals surface area (Å²) in [7, 11) is 0. The zero-order valence-corrected chi connectivity index (χ0v) is 16.5. The van der Waals surface area contributed by atoms with Crippen molar-refractivity contribution in [1.82, 2.24) is 15.5 Å². The molecule has 1 saturated carbocycles. The van der Waals surface area contributed by atoms with Gasteiger partial charge in [-0.2, -0.15) is 0 Å². The zero-order valence-electron chi connectivity index (χ0n) is 14.9. The first-order valence-electron chi connectivity index (χ1n) is 8.94. The quantitative estimate of drug-likeness (QED) is 0.781. The Kier molecular flexibility index (Phi) is 8.77. The van der Waals surface area contributed by atoms with E-state index in [0.29, 0.717) is 6.04 Å². The molecule has 1 amide bonds. The highest BCUT2D eigenvalue weighted by molar-refractivity contribution is 5.85. The fourth-order valence-electron chi connectivity index (χ4n) is 4.29. The molecule has 142 valence electrons. The first-order chi connectivity index (χ1) is 10.5. The van der Waals surface area contributed by atoms with Gasteiger partial charge in [0.05, 0.1) is 18.2 Å². The van der Waals surface area contributed by atoms with Crippen LogP contribution in [0.15, 0.2) is 0 Å². The third kappa shape index (κ3) is 5.73. The van der Waals surface area contributed by atoms with Crippen LogP contribution in [-0.2, 0) is 9.53 Å². The smallest absolute Gasteiger partial charge is 0.237 e. The van der Waals surface area contributed by atoms with Crippen molar-refractivity contribution in [1.29, 1.82) is 0 Å². The maximum Gasteiger partial charge on any atom is 0.237 e. The lowest BCUT2D eigenvalue weighted by Gasteiger charge is -2.38. The number of nitrogens with one attached hydrogen (secondary N) is 2. The van der Waals surface area contributed by atoms with Gasteiger partial charge in [-0.1, -0.05) is 12.8 Å². The van der Waals surface area contributed by atoms with Gasteiger partial charge in [0.15, 0.2) is 0 Å². The van der Waals surface area contributed by atoms with E-state index in [0.717, 1.165) is 45.1 Å². The topological polar surface area (TPSA) is 53.6 Å². The average Bonchev–Trinajstić information content (AvgIpc) is 2.90. The van der Waals surface area contributed by atoms with Crippen LogP contribution in [-0.4, -0.2) is 61.3 Å². The molecule has 2 N–H and O–H groups in total. The monoisotopic (exact) mass is 381 g/mol. The van der Waals surface area contributed by atoms with E-state index in [9.17, 15) is 4.79 Å². The van der Waals surface area contributed by atoms with Crippen molar-refractivity contribution in [3.63, 3.8) is 0 Å². The average molecular weight is 382 g/mol. The Labute approximate surface area is 158 Å². The number of rotatable bonds is 4. The highest BCUT2D eigenvalue weighted by Crippen LogP contribution is 2.33. The Balaban J connectivity index is 0.00000144. The second kappa shape index (κ2) is 9.58. The van der Waals surface area contributed by atoms with Crippen LogP contribution in [0.5, 0.6) is 0 Å². The normalized spacial score (nSPS) is 32.2. The molecule has 3 atom stereocenters. The highest BCUT2D eigenvalue weighted by atomic mass is 35.5. The molecule has 2 saturated heterocycles. The van der Waals surface area contributed by atoms with Crippen molar-refractivity contribution in [3.8, 4) is 0 Å². The molecule has 0 bridgehead atoms. The lowest BCUT2D eigenvalue weighted by Crippen LogP contribution is -2.51. The molecule has 0 aromatic rings. The number of hydrogen-bond acceptors (Lipinski definition) is 4. The fourth-order valence-corrected chi connectivity index (χ4v) is 4.29. The molecule has 3 fully saturated rings. The van der Waals surface area contributed by atoms with E-state index < -0.39 is 0 Å². The van der Waals surface area contributed by atoms with Crippen LogP contribution in [0.1, 0.15) is 46.0 Å². The second-order valence-corrected chi connectivity index (χ2v) is 7.78. The van der Waals surface area contributed by atoms with E-state index in [4.69, 9.17) is 4.74 Å². The van der Waals surface area contributed by atoms with Crippen LogP contribution in [0.25, 0.3) is 0 Å². The number of fused-ring (bicyclic) bond motifs is 1. The molecule has 0 spiro atoms. The van der Waals surface area contributed by atoms with E-state index in [1.165, 1.54) is 25.7 Å². The Morgan fingerprint density at radius 1 is 1.29 bits per heavy atom.